The average molecular weight is 450 g/mol. The summed E-state index contributed by atoms with van der Waals surface area (Å²) in [5.74, 6) is -2.24. The first-order chi connectivity index (χ1) is 13.6. The predicted molar refractivity (Wildman–Crippen MR) is 98.8 cm³/mol. The molecule has 0 spiro atoms. The van der Waals surface area contributed by atoms with Gasteiger partial charge in [-0.2, -0.15) is 0 Å². The normalized spacial score (nSPS) is 12.1. The van der Waals surface area contributed by atoms with E-state index >= 15 is 0 Å². The SMILES string of the molecule is CN(CCOc1nonc1C(Cc1ccc(F)c(Cl)c1)=NO)C(=O)CS(N)(=O)=O. The summed E-state index contributed by atoms with van der Waals surface area (Å²) in [5.41, 5.74) is 0.542. The number of halogens is 2. The number of hydrogen-bond donors (Lipinski definition) is 2. The summed E-state index contributed by atoms with van der Waals surface area (Å²) in [5, 5.41) is 24.3. The molecule has 1 heterocycles. The molecule has 0 fully saturated rings. The molecule has 0 aliphatic carbocycles. The van der Waals surface area contributed by atoms with Crippen molar-refractivity contribution in [2.24, 2.45) is 10.3 Å². The Morgan fingerprint density at radius 2 is 2.17 bits per heavy atom. The molecule has 1 aromatic carbocycles. The summed E-state index contributed by atoms with van der Waals surface area (Å²) in [6.45, 7) is -0.0744. The van der Waals surface area contributed by atoms with Gasteiger partial charge in [0.2, 0.25) is 15.9 Å². The van der Waals surface area contributed by atoms with Gasteiger partial charge in [0, 0.05) is 13.5 Å². The number of primary sulfonamides is 1. The number of ether oxygens (including phenoxy) is 1. The number of nitrogens with two attached hydrogens (primary N) is 1. The molecule has 29 heavy (non-hydrogen) atoms. The fourth-order valence-corrected chi connectivity index (χ4v) is 2.91. The molecule has 0 aliphatic rings. The van der Waals surface area contributed by atoms with Gasteiger partial charge in [-0.3, -0.25) is 4.79 Å². The minimum absolute atomic E-state index is 0.00790. The molecule has 2 rings (SSSR count). The van der Waals surface area contributed by atoms with E-state index in [0.717, 1.165) is 4.90 Å². The third kappa shape index (κ3) is 6.66. The molecule has 3 N–H and O–H groups in total. The van der Waals surface area contributed by atoms with E-state index in [1.165, 1.54) is 25.2 Å². The van der Waals surface area contributed by atoms with Gasteiger partial charge in [-0.25, -0.2) is 22.6 Å². The molecule has 0 bridgehead atoms. The maximum absolute atomic E-state index is 13.3. The monoisotopic (exact) mass is 449 g/mol. The van der Waals surface area contributed by atoms with Crippen molar-refractivity contribution < 1.29 is 32.2 Å². The highest BCUT2D eigenvalue weighted by atomic mass is 35.5. The topological polar surface area (TPSA) is 161 Å². The van der Waals surface area contributed by atoms with E-state index in [0.29, 0.717) is 5.56 Å². The Bertz CT molecular complexity index is 1010. The maximum atomic E-state index is 13.3. The third-order valence-electron chi connectivity index (χ3n) is 3.62. The molecule has 0 radical (unpaired) electrons. The van der Waals surface area contributed by atoms with Crippen LogP contribution in [0.15, 0.2) is 28.0 Å². The summed E-state index contributed by atoms with van der Waals surface area (Å²) in [6, 6.07) is 3.98. The first-order valence-corrected chi connectivity index (χ1v) is 10.0. The van der Waals surface area contributed by atoms with Gasteiger partial charge in [0.1, 0.15) is 23.9 Å². The van der Waals surface area contributed by atoms with Crippen LogP contribution in [0.3, 0.4) is 0 Å². The van der Waals surface area contributed by atoms with Crippen LogP contribution in [-0.4, -0.2) is 66.4 Å². The van der Waals surface area contributed by atoms with Crippen molar-refractivity contribution in [3.63, 3.8) is 0 Å². The van der Waals surface area contributed by atoms with Crippen LogP contribution in [-0.2, 0) is 21.2 Å². The Morgan fingerprint density at radius 1 is 1.45 bits per heavy atom. The van der Waals surface area contributed by atoms with Crippen LogP contribution in [0.25, 0.3) is 0 Å². The molecule has 14 heteroatoms. The highest BCUT2D eigenvalue weighted by Gasteiger charge is 2.21. The van der Waals surface area contributed by atoms with E-state index in [1.54, 1.807) is 0 Å². The number of oxime groups is 1. The Kier molecular flexibility index (Phi) is 7.47. The highest BCUT2D eigenvalue weighted by molar-refractivity contribution is 7.89. The van der Waals surface area contributed by atoms with E-state index in [1.807, 2.05) is 0 Å². The number of aromatic nitrogens is 2. The van der Waals surface area contributed by atoms with E-state index in [2.05, 4.69) is 20.1 Å². The molecule has 0 unspecified atom stereocenters. The number of carbonyl (C=O) groups is 1. The van der Waals surface area contributed by atoms with E-state index in [4.69, 9.17) is 21.5 Å². The van der Waals surface area contributed by atoms with Crippen LogP contribution >= 0.6 is 11.6 Å². The zero-order valence-electron chi connectivity index (χ0n) is 15.1. The Morgan fingerprint density at radius 3 is 2.79 bits per heavy atom. The lowest BCUT2D eigenvalue weighted by Crippen LogP contribution is -2.37. The van der Waals surface area contributed by atoms with Gasteiger partial charge in [0.25, 0.3) is 5.88 Å². The van der Waals surface area contributed by atoms with Gasteiger partial charge in [0.05, 0.1) is 11.6 Å². The lowest BCUT2D eigenvalue weighted by atomic mass is 10.1. The second-order valence-electron chi connectivity index (χ2n) is 5.86. The lowest BCUT2D eigenvalue weighted by Gasteiger charge is -2.16. The van der Waals surface area contributed by atoms with Crippen molar-refractivity contribution in [3.05, 3.63) is 40.3 Å². The van der Waals surface area contributed by atoms with Gasteiger partial charge < -0.3 is 14.8 Å². The lowest BCUT2D eigenvalue weighted by molar-refractivity contribution is -0.127. The number of carbonyl (C=O) groups excluding carboxylic acids is 1. The van der Waals surface area contributed by atoms with Crippen LogP contribution in [0.2, 0.25) is 5.02 Å². The highest BCUT2D eigenvalue weighted by Crippen LogP contribution is 2.20. The maximum Gasteiger partial charge on any atom is 0.285 e. The largest absolute Gasteiger partial charge is 0.472 e. The quantitative estimate of drug-likeness (QED) is 0.316. The standard InChI is InChI=1S/C15H17ClFN5O6S/c1-22(13(23)8-29(18,25)26)4-5-27-15-14(20-28-21-15)12(19-24)7-9-2-3-11(17)10(16)6-9/h2-3,6,24H,4-5,7-8H2,1H3,(H2,18,25,26). The second kappa shape index (κ2) is 9.62. The van der Waals surface area contributed by atoms with E-state index < -0.39 is 27.5 Å². The van der Waals surface area contributed by atoms with Gasteiger partial charge >= 0.3 is 0 Å². The Hall–Kier alpha value is -2.77. The molecule has 0 atom stereocenters. The number of rotatable bonds is 9. The first-order valence-electron chi connectivity index (χ1n) is 7.95. The number of benzene rings is 1. The Balaban J connectivity index is 2.00. The molecule has 2 aromatic rings. The van der Waals surface area contributed by atoms with Crippen LogP contribution in [0, 0.1) is 5.82 Å². The van der Waals surface area contributed by atoms with Crippen molar-refractivity contribution in [2.45, 2.75) is 6.42 Å². The van der Waals surface area contributed by atoms with Gasteiger partial charge in [0.15, 0.2) is 5.69 Å². The zero-order chi connectivity index (χ0) is 21.6. The minimum atomic E-state index is -3.94. The van der Waals surface area contributed by atoms with Crippen molar-refractivity contribution in [1.82, 2.24) is 15.2 Å². The summed E-state index contributed by atoms with van der Waals surface area (Å²) < 4.78 is 45.1. The van der Waals surface area contributed by atoms with E-state index in [-0.39, 0.29) is 41.9 Å². The molecular weight excluding hydrogens is 433 g/mol. The first kappa shape index (κ1) is 22.5. The van der Waals surface area contributed by atoms with Crippen molar-refractivity contribution >= 4 is 33.2 Å². The smallest absolute Gasteiger partial charge is 0.285 e. The van der Waals surface area contributed by atoms with Gasteiger partial charge in [-0.05, 0) is 28.0 Å². The summed E-state index contributed by atoms with van der Waals surface area (Å²) >= 11 is 5.73. The molecular formula is C15H17ClFN5O6S. The van der Waals surface area contributed by atoms with Crippen molar-refractivity contribution in [1.29, 1.82) is 0 Å². The second-order valence-corrected chi connectivity index (χ2v) is 7.88. The van der Waals surface area contributed by atoms with Crippen molar-refractivity contribution in [3.8, 4) is 5.88 Å². The van der Waals surface area contributed by atoms with Crippen LogP contribution in [0.4, 0.5) is 4.39 Å². The third-order valence-corrected chi connectivity index (χ3v) is 4.56. The van der Waals surface area contributed by atoms with E-state index in [9.17, 15) is 22.8 Å². The predicted octanol–water partition coefficient (Wildman–Crippen LogP) is 0.409. The zero-order valence-corrected chi connectivity index (χ0v) is 16.7. The van der Waals surface area contributed by atoms with Crippen LogP contribution < -0.4 is 9.88 Å². The molecule has 0 aliphatic heterocycles. The molecule has 11 nitrogen and oxygen atoms in total. The fraction of sp³-hybridized carbons (Fsp3) is 0.333. The van der Waals surface area contributed by atoms with Crippen molar-refractivity contribution in [2.75, 3.05) is 26.0 Å². The number of likely N-dealkylation sites (N-methyl/N-ethyl adjacent to an activating group) is 1. The molecule has 0 saturated carbocycles. The summed E-state index contributed by atoms with van der Waals surface area (Å²) in [4.78, 5) is 12.8. The Labute approximate surface area is 169 Å². The number of amides is 1. The van der Waals surface area contributed by atoms with Gasteiger partial charge in [-0.15, -0.1) is 0 Å². The summed E-state index contributed by atoms with van der Waals surface area (Å²) in [6.07, 6.45) is 0.0216. The molecule has 1 aromatic heterocycles. The number of hydrogen-bond acceptors (Lipinski definition) is 9. The molecule has 1 amide bonds. The van der Waals surface area contributed by atoms with Crippen LogP contribution in [0.5, 0.6) is 5.88 Å². The fourth-order valence-electron chi connectivity index (χ4n) is 2.15. The minimum Gasteiger partial charge on any atom is -0.472 e. The average Bonchev–Trinajstić information content (AvgIpc) is 3.09. The number of sulfonamides is 1. The van der Waals surface area contributed by atoms with Crippen LogP contribution in [0.1, 0.15) is 11.3 Å². The van der Waals surface area contributed by atoms with Gasteiger partial charge in [-0.1, -0.05) is 22.8 Å². The molecule has 158 valence electrons. The number of nitrogens with zero attached hydrogens (tertiary/aromatic N) is 4. The summed E-state index contributed by atoms with van der Waals surface area (Å²) in [7, 11) is -2.57. The molecule has 0 saturated heterocycles.